The summed E-state index contributed by atoms with van der Waals surface area (Å²) in [7, 11) is 0. The van der Waals surface area contributed by atoms with Crippen molar-refractivity contribution in [3.63, 3.8) is 0 Å². The minimum Gasteiger partial charge on any atom is -0.494 e. The van der Waals surface area contributed by atoms with E-state index >= 15 is 0 Å². The van der Waals surface area contributed by atoms with Gasteiger partial charge in [-0.15, -0.1) is 0 Å². The highest BCUT2D eigenvalue weighted by atomic mass is 16.5. The van der Waals surface area contributed by atoms with Gasteiger partial charge in [0.2, 0.25) is 5.91 Å². The molecule has 4 nitrogen and oxygen atoms in total. The van der Waals surface area contributed by atoms with Crippen molar-refractivity contribution in [3.05, 3.63) is 59.7 Å². The molecule has 0 aliphatic heterocycles. The lowest BCUT2D eigenvalue weighted by Gasteiger charge is -2.16. The van der Waals surface area contributed by atoms with Gasteiger partial charge in [0.05, 0.1) is 6.61 Å². The summed E-state index contributed by atoms with van der Waals surface area (Å²) in [6, 6.07) is 16.2. The van der Waals surface area contributed by atoms with Crippen LogP contribution in [0, 0.1) is 0 Å². The van der Waals surface area contributed by atoms with Crippen LogP contribution in [0.25, 0.3) is 0 Å². The van der Waals surface area contributed by atoms with E-state index in [-0.39, 0.29) is 11.9 Å². The monoisotopic (exact) mass is 312 g/mol. The van der Waals surface area contributed by atoms with Crippen molar-refractivity contribution < 1.29 is 9.53 Å². The van der Waals surface area contributed by atoms with Gasteiger partial charge in [-0.25, -0.2) is 0 Å². The third kappa shape index (κ3) is 5.42. The molecule has 2 aromatic rings. The van der Waals surface area contributed by atoms with Crippen LogP contribution in [0.1, 0.15) is 37.9 Å². The van der Waals surface area contributed by atoms with E-state index in [0.29, 0.717) is 6.61 Å². The van der Waals surface area contributed by atoms with Gasteiger partial charge in [-0.3, -0.25) is 4.79 Å². The van der Waals surface area contributed by atoms with E-state index in [1.165, 1.54) is 12.5 Å². The number of carbonyl (C=O) groups is 1. The molecule has 1 amide bonds. The first-order valence-electron chi connectivity index (χ1n) is 7.91. The molecule has 1 unspecified atom stereocenters. The standard InChI is InChI=1S/C19H24N2O2/c1-4-23-19-10-5-7-16(11-19)13-20-14(2)17-8-6-9-18(12-17)21-15(3)22/h5-12,14,20H,4,13H2,1-3H3,(H,21,22). The maximum absolute atomic E-state index is 11.2. The van der Waals surface area contributed by atoms with E-state index in [4.69, 9.17) is 4.74 Å². The van der Waals surface area contributed by atoms with E-state index in [9.17, 15) is 4.79 Å². The molecular formula is C19H24N2O2. The first kappa shape index (κ1) is 17.0. The largest absolute Gasteiger partial charge is 0.494 e. The van der Waals surface area contributed by atoms with Crippen LogP contribution < -0.4 is 15.4 Å². The third-order valence-corrected chi connectivity index (χ3v) is 3.53. The van der Waals surface area contributed by atoms with Gasteiger partial charge in [0, 0.05) is 25.2 Å². The SMILES string of the molecule is CCOc1cccc(CNC(C)c2cccc(NC(C)=O)c2)c1. The summed E-state index contributed by atoms with van der Waals surface area (Å²) in [4.78, 5) is 11.2. The Hall–Kier alpha value is -2.33. The van der Waals surface area contributed by atoms with Gasteiger partial charge in [0.25, 0.3) is 0 Å². The molecule has 0 fully saturated rings. The highest BCUT2D eigenvalue weighted by Gasteiger charge is 2.07. The molecule has 122 valence electrons. The van der Waals surface area contributed by atoms with Crippen LogP contribution in [0.2, 0.25) is 0 Å². The summed E-state index contributed by atoms with van der Waals surface area (Å²) in [6.45, 7) is 7.03. The van der Waals surface area contributed by atoms with Crippen molar-refractivity contribution in [3.8, 4) is 5.75 Å². The van der Waals surface area contributed by atoms with Crippen molar-refractivity contribution in [2.75, 3.05) is 11.9 Å². The Kier molecular flexibility index (Phi) is 6.18. The zero-order valence-corrected chi connectivity index (χ0v) is 13.9. The van der Waals surface area contributed by atoms with E-state index in [1.807, 2.05) is 37.3 Å². The van der Waals surface area contributed by atoms with Crippen LogP contribution >= 0.6 is 0 Å². The number of nitrogens with one attached hydrogen (secondary N) is 2. The Bertz CT molecular complexity index is 655. The van der Waals surface area contributed by atoms with Crippen molar-refractivity contribution >= 4 is 11.6 Å². The molecule has 0 saturated carbocycles. The minimum atomic E-state index is -0.0597. The second-order valence-corrected chi connectivity index (χ2v) is 5.49. The quantitative estimate of drug-likeness (QED) is 0.815. The average molecular weight is 312 g/mol. The van der Waals surface area contributed by atoms with Gasteiger partial charge in [-0.05, 0) is 49.2 Å². The summed E-state index contributed by atoms with van der Waals surface area (Å²) < 4.78 is 5.52. The normalized spacial score (nSPS) is 11.8. The van der Waals surface area contributed by atoms with Gasteiger partial charge in [-0.1, -0.05) is 24.3 Å². The number of amides is 1. The number of benzene rings is 2. The van der Waals surface area contributed by atoms with Crippen LogP contribution in [-0.2, 0) is 11.3 Å². The maximum Gasteiger partial charge on any atom is 0.221 e. The molecule has 2 N–H and O–H groups in total. The zero-order valence-electron chi connectivity index (χ0n) is 13.9. The van der Waals surface area contributed by atoms with Crippen molar-refractivity contribution in [2.24, 2.45) is 0 Å². The highest BCUT2D eigenvalue weighted by molar-refractivity contribution is 5.88. The van der Waals surface area contributed by atoms with Crippen LogP contribution in [-0.4, -0.2) is 12.5 Å². The predicted molar refractivity (Wildman–Crippen MR) is 93.6 cm³/mol. The van der Waals surface area contributed by atoms with Gasteiger partial charge >= 0.3 is 0 Å². The summed E-state index contributed by atoms with van der Waals surface area (Å²) in [5, 5.41) is 6.31. The number of ether oxygens (including phenoxy) is 1. The minimum absolute atomic E-state index is 0.0597. The summed E-state index contributed by atoms with van der Waals surface area (Å²) in [6.07, 6.45) is 0. The molecule has 23 heavy (non-hydrogen) atoms. The lowest BCUT2D eigenvalue weighted by atomic mass is 10.1. The molecular weight excluding hydrogens is 288 g/mol. The lowest BCUT2D eigenvalue weighted by molar-refractivity contribution is -0.114. The maximum atomic E-state index is 11.2. The molecule has 0 saturated heterocycles. The molecule has 0 spiro atoms. The topological polar surface area (TPSA) is 50.4 Å². The fourth-order valence-electron chi connectivity index (χ4n) is 2.39. The van der Waals surface area contributed by atoms with Gasteiger partial charge in [0.1, 0.15) is 5.75 Å². The number of carbonyl (C=O) groups excluding carboxylic acids is 1. The Balaban J connectivity index is 1.97. The van der Waals surface area contributed by atoms with Crippen molar-refractivity contribution in [1.82, 2.24) is 5.32 Å². The summed E-state index contributed by atoms with van der Waals surface area (Å²) >= 11 is 0. The number of hydrogen-bond acceptors (Lipinski definition) is 3. The summed E-state index contributed by atoms with van der Waals surface area (Å²) in [5.74, 6) is 0.836. The first-order valence-corrected chi connectivity index (χ1v) is 7.91. The Morgan fingerprint density at radius 3 is 2.70 bits per heavy atom. The van der Waals surface area contributed by atoms with E-state index < -0.39 is 0 Å². The first-order chi connectivity index (χ1) is 11.1. The Morgan fingerprint density at radius 2 is 1.96 bits per heavy atom. The Morgan fingerprint density at radius 1 is 1.17 bits per heavy atom. The number of rotatable bonds is 7. The van der Waals surface area contributed by atoms with E-state index in [1.54, 1.807) is 0 Å². The van der Waals surface area contributed by atoms with Gasteiger partial charge < -0.3 is 15.4 Å². The predicted octanol–water partition coefficient (Wildman–Crippen LogP) is 3.89. The smallest absolute Gasteiger partial charge is 0.221 e. The fraction of sp³-hybridized carbons (Fsp3) is 0.316. The third-order valence-electron chi connectivity index (χ3n) is 3.53. The number of hydrogen-bond donors (Lipinski definition) is 2. The molecule has 2 rings (SSSR count). The van der Waals surface area contributed by atoms with Gasteiger partial charge in [-0.2, -0.15) is 0 Å². The Labute approximate surface area is 137 Å². The average Bonchev–Trinajstić information content (AvgIpc) is 2.53. The van der Waals surface area contributed by atoms with Crippen molar-refractivity contribution in [1.29, 1.82) is 0 Å². The molecule has 2 aromatic carbocycles. The second kappa shape index (κ2) is 8.34. The van der Waals surface area contributed by atoms with Crippen LogP contribution in [0.5, 0.6) is 5.75 Å². The molecule has 0 aliphatic carbocycles. The highest BCUT2D eigenvalue weighted by Crippen LogP contribution is 2.19. The molecule has 0 bridgehead atoms. The molecule has 0 aliphatic rings. The molecule has 1 atom stereocenters. The van der Waals surface area contributed by atoms with Gasteiger partial charge in [0.15, 0.2) is 0 Å². The molecule has 0 heterocycles. The van der Waals surface area contributed by atoms with Crippen LogP contribution in [0.3, 0.4) is 0 Å². The van der Waals surface area contributed by atoms with Crippen LogP contribution in [0.4, 0.5) is 5.69 Å². The van der Waals surface area contributed by atoms with Crippen molar-refractivity contribution in [2.45, 2.75) is 33.4 Å². The molecule has 0 radical (unpaired) electrons. The second-order valence-electron chi connectivity index (χ2n) is 5.49. The lowest BCUT2D eigenvalue weighted by Crippen LogP contribution is -2.18. The summed E-state index contributed by atoms with van der Waals surface area (Å²) in [5.41, 5.74) is 3.14. The molecule has 4 heteroatoms. The number of anilines is 1. The fourth-order valence-corrected chi connectivity index (χ4v) is 2.39. The van der Waals surface area contributed by atoms with Crippen LogP contribution in [0.15, 0.2) is 48.5 Å². The van der Waals surface area contributed by atoms with E-state index in [0.717, 1.165) is 23.5 Å². The zero-order chi connectivity index (χ0) is 16.7. The molecule has 0 aromatic heterocycles. The van der Waals surface area contributed by atoms with E-state index in [2.05, 4.69) is 35.8 Å².